The lowest BCUT2D eigenvalue weighted by atomic mass is 9.80. The second-order valence-electron chi connectivity index (χ2n) is 17.2. The summed E-state index contributed by atoms with van der Waals surface area (Å²) in [5.41, 5.74) is 1.04. The number of oxime groups is 1. The van der Waals surface area contributed by atoms with Crippen LogP contribution in [0, 0.1) is 0 Å². The summed E-state index contributed by atoms with van der Waals surface area (Å²) in [6.45, 7) is 5.20. The smallest absolute Gasteiger partial charge is 0.413 e. The van der Waals surface area contributed by atoms with E-state index in [-0.39, 0.29) is 38.0 Å². The van der Waals surface area contributed by atoms with Crippen molar-refractivity contribution < 1.29 is 33.5 Å². The standard InChI is InChI=1S/C52H45N9O7S4/c1-51(2,3)67-50(65)55-49-53-37(30-71-49)39(58-68-52(34-24-14-7-15-25-34,35-26-16-8-17-27-35)36-28-18-9-19-29-36)44(62)54-40-45(63)61-41(38(31-70-46(40)61)72-48(69)43-56-59-60(4)57-43)47(64)66-42(32-20-10-5-11-21-32)33-22-12-6-13-23-33/h5-30,40,42,46H,31H2,1-4H3,(H,54,62)(H,53,55,65)/t40-,46+/m1/s1. The first-order valence-electron chi connectivity index (χ1n) is 22.4. The number of amides is 3. The molecule has 2 atom stereocenters. The van der Waals surface area contributed by atoms with Crippen LogP contribution < -0.4 is 10.6 Å². The van der Waals surface area contributed by atoms with Gasteiger partial charge in [0.1, 0.15) is 32.6 Å². The normalized spacial score (nSPS) is 15.8. The molecule has 0 aliphatic carbocycles. The molecule has 364 valence electrons. The average Bonchev–Trinajstić information content (AvgIpc) is 4.05. The highest BCUT2D eigenvalue weighted by molar-refractivity contribution is 8.26. The molecule has 0 spiro atoms. The van der Waals surface area contributed by atoms with Crippen molar-refractivity contribution in [2.24, 2.45) is 12.2 Å². The van der Waals surface area contributed by atoms with Crippen molar-refractivity contribution in [2.45, 2.75) is 49.5 Å². The molecular formula is C52H45N9O7S4. The van der Waals surface area contributed by atoms with Gasteiger partial charge in [-0.1, -0.05) is 181 Å². The van der Waals surface area contributed by atoms with Crippen LogP contribution in [0.5, 0.6) is 0 Å². The van der Waals surface area contributed by atoms with Crippen LogP contribution in [0.25, 0.3) is 0 Å². The van der Waals surface area contributed by atoms with Crippen molar-refractivity contribution in [3.63, 3.8) is 0 Å². The Balaban J connectivity index is 1.07. The fourth-order valence-corrected chi connectivity index (χ4v) is 11.3. The maximum Gasteiger partial charge on any atom is 0.413 e. The molecule has 72 heavy (non-hydrogen) atoms. The fraction of sp³-hybridized carbons (Fsp3) is 0.192. The number of ether oxygens (including phenoxy) is 2. The molecule has 1 fully saturated rings. The van der Waals surface area contributed by atoms with Crippen molar-refractivity contribution in [1.82, 2.24) is 35.4 Å². The minimum atomic E-state index is -1.40. The van der Waals surface area contributed by atoms with E-state index in [1.165, 1.54) is 21.5 Å². The first-order chi connectivity index (χ1) is 34.8. The van der Waals surface area contributed by atoms with Crippen LogP contribution in [0.2, 0.25) is 0 Å². The lowest BCUT2D eigenvalue weighted by Crippen LogP contribution is -2.71. The number of thiazole rings is 1. The number of thiocarbonyl (C=S) groups is 1. The number of hydrogen-bond acceptors (Lipinski definition) is 16. The molecule has 5 aromatic carbocycles. The molecule has 0 unspecified atom stereocenters. The van der Waals surface area contributed by atoms with E-state index >= 15 is 0 Å². The number of anilines is 1. The molecule has 16 nitrogen and oxygen atoms in total. The van der Waals surface area contributed by atoms with Crippen molar-refractivity contribution in [1.29, 1.82) is 0 Å². The highest BCUT2D eigenvalue weighted by atomic mass is 32.2. The van der Waals surface area contributed by atoms with E-state index in [2.05, 4.69) is 36.2 Å². The predicted molar refractivity (Wildman–Crippen MR) is 280 cm³/mol. The van der Waals surface area contributed by atoms with Crippen molar-refractivity contribution >= 4 is 86.0 Å². The Kier molecular flexibility index (Phi) is 14.7. The second kappa shape index (κ2) is 21.5. The molecule has 2 aliphatic rings. The minimum absolute atomic E-state index is 0.0321. The van der Waals surface area contributed by atoms with E-state index in [0.717, 1.165) is 23.1 Å². The Morgan fingerprint density at radius 2 is 1.36 bits per heavy atom. The van der Waals surface area contributed by atoms with Crippen LogP contribution in [0.15, 0.2) is 173 Å². The number of aryl methyl sites for hydroxylation is 1. The maximum atomic E-state index is 15.0. The van der Waals surface area contributed by atoms with Gasteiger partial charge in [0, 0.05) is 32.7 Å². The first kappa shape index (κ1) is 49.5. The molecule has 0 saturated carbocycles. The van der Waals surface area contributed by atoms with Crippen molar-refractivity contribution in [2.75, 3.05) is 11.1 Å². The summed E-state index contributed by atoms with van der Waals surface area (Å²) in [4.78, 5) is 71.7. The lowest BCUT2D eigenvalue weighted by Gasteiger charge is -2.49. The van der Waals surface area contributed by atoms with Crippen LogP contribution in [0.4, 0.5) is 9.93 Å². The second-order valence-corrected chi connectivity index (χ2v) is 20.9. The molecule has 3 amide bonds. The summed E-state index contributed by atoms with van der Waals surface area (Å²) in [6, 6.07) is 45.8. The number of tetrazole rings is 1. The van der Waals surface area contributed by atoms with Crippen LogP contribution >= 0.6 is 47.1 Å². The monoisotopic (exact) mass is 1040 g/mol. The molecule has 1 saturated heterocycles. The van der Waals surface area contributed by atoms with E-state index in [4.69, 9.17) is 26.5 Å². The van der Waals surface area contributed by atoms with E-state index in [0.29, 0.717) is 32.7 Å². The zero-order valence-corrected chi connectivity index (χ0v) is 42.3. The number of benzene rings is 5. The van der Waals surface area contributed by atoms with Gasteiger partial charge in [-0.2, -0.15) is 4.80 Å². The number of fused-ring (bicyclic) bond motifs is 1. The van der Waals surface area contributed by atoms with Crippen LogP contribution in [-0.4, -0.2) is 86.6 Å². The van der Waals surface area contributed by atoms with Gasteiger partial charge in [0.25, 0.3) is 11.8 Å². The molecule has 0 bridgehead atoms. The van der Waals surface area contributed by atoms with Crippen LogP contribution in [0.1, 0.15) is 66.2 Å². The van der Waals surface area contributed by atoms with E-state index < -0.39 is 52.6 Å². The first-order valence-corrected chi connectivity index (χ1v) is 25.6. The number of thioether (sulfide) groups is 2. The number of aromatic nitrogens is 5. The fourth-order valence-electron chi connectivity index (χ4n) is 7.97. The molecule has 0 radical (unpaired) electrons. The zero-order valence-electron chi connectivity index (χ0n) is 39.1. The number of carbonyl (C=O) groups excluding carboxylic acids is 4. The predicted octanol–water partition coefficient (Wildman–Crippen LogP) is 8.78. The van der Waals surface area contributed by atoms with Gasteiger partial charge in [-0.3, -0.25) is 19.8 Å². The van der Waals surface area contributed by atoms with Gasteiger partial charge in [0.2, 0.25) is 11.4 Å². The third-order valence-corrected chi connectivity index (χ3v) is 14.7. The van der Waals surface area contributed by atoms with Gasteiger partial charge in [0.15, 0.2) is 16.9 Å². The number of esters is 1. The minimum Gasteiger partial charge on any atom is -0.448 e. The largest absolute Gasteiger partial charge is 0.448 e. The molecule has 9 rings (SSSR count). The van der Waals surface area contributed by atoms with Gasteiger partial charge in [-0.05, 0) is 37.1 Å². The van der Waals surface area contributed by atoms with E-state index in [1.54, 1.807) is 33.2 Å². The van der Waals surface area contributed by atoms with Crippen molar-refractivity contribution in [3.05, 3.63) is 207 Å². The van der Waals surface area contributed by atoms with Crippen molar-refractivity contribution in [3.8, 4) is 0 Å². The average molecular weight is 1040 g/mol. The number of hydrogen-bond donors (Lipinski definition) is 2. The van der Waals surface area contributed by atoms with Gasteiger partial charge in [0.05, 0.1) is 7.05 Å². The van der Waals surface area contributed by atoms with Crippen LogP contribution in [-0.2, 0) is 41.3 Å². The quantitative estimate of drug-likeness (QED) is 0.0247. The summed E-state index contributed by atoms with van der Waals surface area (Å²) in [5.74, 6) is -1.82. The number of rotatable bonds is 15. The number of nitrogens with zero attached hydrogens (tertiary/aromatic N) is 7. The highest BCUT2D eigenvalue weighted by Gasteiger charge is 2.55. The third-order valence-electron chi connectivity index (χ3n) is 11.1. The number of nitrogens with one attached hydrogen (secondary N) is 2. The van der Waals surface area contributed by atoms with Crippen LogP contribution in [0.3, 0.4) is 0 Å². The SMILES string of the molecule is Cn1nnc(C(=S)SC2=C(C(=O)OC(c3ccccc3)c3ccccc3)N3C(=O)[C@@H](NC(=O)C(=NOC(c4ccccc4)(c4ccccc4)c4ccccc4)c4csc(NC(=O)OC(C)(C)C)n4)[C@@H]3SC2)n1. The zero-order chi connectivity index (χ0) is 50.4. The summed E-state index contributed by atoms with van der Waals surface area (Å²) in [5, 5.41) is 23.2. The van der Waals surface area contributed by atoms with Gasteiger partial charge >= 0.3 is 12.1 Å². The summed E-state index contributed by atoms with van der Waals surface area (Å²) in [7, 11) is 1.61. The molecule has 2 N–H and O–H groups in total. The van der Waals surface area contributed by atoms with Gasteiger partial charge in [-0.25, -0.2) is 14.6 Å². The summed E-state index contributed by atoms with van der Waals surface area (Å²) >= 11 is 9.14. The van der Waals surface area contributed by atoms with E-state index in [9.17, 15) is 19.2 Å². The van der Waals surface area contributed by atoms with E-state index in [1.807, 2.05) is 152 Å². The Morgan fingerprint density at radius 1 is 0.819 bits per heavy atom. The number of carbonyl (C=O) groups is 4. The molecule has 7 aromatic rings. The Morgan fingerprint density at radius 3 is 1.88 bits per heavy atom. The topological polar surface area (TPSA) is 192 Å². The van der Waals surface area contributed by atoms with Gasteiger partial charge in [-0.15, -0.1) is 33.3 Å². The lowest BCUT2D eigenvalue weighted by molar-refractivity contribution is -0.154. The Hall–Kier alpha value is -7.52. The number of β-lactam (4-membered cyclic amide) rings is 1. The molecular weight excluding hydrogens is 991 g/mol. The summed E-state index contributed by atoms with van der Waals surface area (Å²) < 4.78 is 12.0. The molecule has 2 aromatic heterocycles. The van der Waals surface area contributed by atoms with Gasteiger partial charge < -0.3 is 19.6 Å². The molecule has 20 heteroatoms. The Bertz CT molecular complexity index is 3030. The Labute approximate surface area is 432 Å². The molecule has 2 aliphatic heterocycles. The maximum absolute atomic E-state index is 15.0. The summed E-state index contributed by atoms with van der Waals surface area (Å²) in [6.07, 6.45) is -1.59. The molecule has 4 heterocycles. The third kappa shape index (κ3) is 10.7. The highest BCUT2D eigenvalue weighted by Crippen LogP contribution is 2.46.